The predicted octanol–water partition coefficient (Wildman–Crippen LogP) is 5.50. The van der Waals surface area contributed by atoms with Crippen molar-refractivity contribution in [3.8, 4) is 11.4 Å². The summed E-state index contributed by atoms with van der Waals surface area (Å²) in [7, 11) is 0. The van der Waals surface area contributed by atoms with Gasteiger partial charge in [-0.25, -0.2) is 14.2 Å². The minimum atomic E-state index is -2.06. The second-order valence-electron chi connectivity index (χ2n) is 25.1. The van der Waals surface area contributed by atoms with Gasteiger partial charge in [-0.3, -0.25) is 57.6 Å². The van der Waals surface area contributed by atoms with Gasteiger partial charge >= 0.3 is 11.9 Å². The summed E-state index contributed by atoms with van der Waals surface area (Å²) in [5, 5.41) is 23.4. The van der Waals surface area contributed by atoms with E-state index in [0.717, 1.165) is 16.0 Å². The second-order valence-corrected chi connectivity index (χ2v) is 25.1. The van der Waals surface area contributed by atoms with Gasteiger partial charge in [0.25, 0.3) is 17.4 Å². The second kappa shape index (κ2) is 27.8. The third kappa shape index (κ3) is 15.6. The summed E-state index contributed by atoms with van der Waals surface area (Å²) in [6.07, 6.45) is 2.98. The average Bonchev–Trinajstić information content (AvgIpc) is 1.64. The van der Waals surface area contributed by atoms with Crippen molar-refractivity contribution in [3.63, 3.8) is 0 Å². The smallest absolute Gasteiger partial charge is 0.343 e. The highest BCUT2D eigenvalue weighted by molar-refractivity contribution is 6.13. The van der Waals surface area contributed by atoms with Crippen molar-refractivity contribution < 1.29 is 71.7 Å². The number of cyclic esters (lactones) is 1. The summed E-state index contributed by atoms with van der Waals surface area (Å²) in [4.78, 5) is 164. The summed E-state index contributed by atoms with van der Waals surface area (Å²) in [6, 6.07) is 10.1. The molecule has 0 spiro atoms. The maximum Gasteiger partial charge on any atom is 0.343 e. The number of carbonyl (C=O) groups excluding carboxylic acids is 11. The molecule has 4 aliphatic rings. The van der Waals surface area contributed by atoms with Gasteiger partial charge in [0.05, 0.1) is 60.0 Å². The number of amides is 6. The number of esters is 2. The van der Waals surface area contributed by atoms with Gasteiger partial charge in [-0.05, 0) is 101 Å². The number of hydrogen-bond donors (Lipinski definition) is 5. The molecular formula is C66H78FN7O15. The van der Waals surface area contributed by atoms with Gasteiger partial charge in [0.15, 0.2) is 17.2 Å². The van der Waals surface area contributed by atoms with Crippen molar-refractivity contribution in [2.45, 2.75) is 181 Å². The number of Topliss-reactive ketones (excluding diaryl/α,β-unsaturated/α-hetero) is 3. The van der Waals surface area contributed by atoms with E-state index in [1.54, 1.807) is 84.9 Å². The van der Waals surface area contributed by atoms with E-state index >= 15 is 4.39 Å². The molecule has 23 heteroatoms. The molecule has 3 aliphatic heterocycles. The topological polar surface area (TPSA) is 313 Å². The van der Waals surface area contributed by atoms with E-state index in [1.807, 2.05) is 0 Å². The Kier molecular flexibility index (Phi) is 20.8. The third-order valence-corrected chi connectivity index (χ3v) is 17.0. The number of ether oxygens (including phenoxy) is 2. The summed E-state index contributed by atoms with van der Waals surface area (Å²) in [5.74, 6) is -7.47. The molecule has 0 bridgehead atoms. The molecule has 474 valence electrons. The number of aromatic nitrogens is 2. The molecule has 0 saturated heterocycles. The number of fused-ring (bicyclic) bond motifs is 5. The number of benzene rings is 2. The standard InChI is InChI=1S/C66H78FN7O15/c1-8-66(87)45-32-50-59-43(35-74(50)61(84)44(45)36-88-63(66)86)58-47(20-19-42-37(2)46(67)33-49(71-59)57(42)58)72-62(85)65(6,7)26-27-68-52(78)23-21-51(77)48(29-38-15-11-9-12-16-38)70-53(79)22-18-41(76)34-69-60(83)39(31-56(82)89-64(3,4)5)30-40(75)17-13-10-14-28-73-54(80)24-25-55(73)81/h9,11-12,15-16,24-25,32-33,39,47-48,87H,8,10,13-14,17-23,26-31,34-36H2,1-7H3,(H,68,78)(H,69,83)(H,70,79)(H,72,85)/t39-,47-,48-,66-/m0/s1. The lowest BCUT2D eigenvalue weighted by molar-refractivity contribution is -0.172. The van der Waals surface area contributed by atoms with E-state index < -0.39 is 112 Å². The number of carbonyl (C=O) groups is 11. The minimum absolute atomic E-state index is 0.0503. The van der Waals surface area contributed by atoms with E-state index in [1.165, 1.54) is 22.8 Å². The van der Waals surface area contributed by atoms with Gasteiger partial charge in [0, 0.05) is 91.8 Å². The summed E-state index contributed by atoms with van der Waals surface area (Å²) < 4.78 is 27.7. The fourth-order valence-electron chi connectivity index (χ4n) is 11.9. The number of hydrogen-bond acceptors (Lipinski definition) is 16. The SMILES string of the molecule is CC[C@@]1(O)C(=O)OCc2c1cc1n(c2=O)Cc2c-1nc1cc(F)c(C)c3c1c2[C@@H](NC(=O)C(C)(C)CCNC(=O)CCC(=O)[C@H](Cc1ccccc1)NC(=O)CCC(=O)CNC(=O)[C@@H](CC(=O)CCCCCN1C(=O)C=CC1=O)CC(=O)OC(C)(C)C)CC3. The highest BCUT2D eigenvalue weighted by Gasteiger charge is 2.46. The maximum absolute atomic E-state index is 15.5. The van der Waals surface area contributed by atoms with Crippen LogP contribution in [0.4, 0.5) is 4.39 Å². The van der Waals surface area contributed by atoms with Crippen molar-refractivity contribution in [1.29, 1.82) is 0 Å². The van der Waals surface area contributed by atoms with E-state index in [9.17, 15) is 62.6 Å². The first-order valence-corrected chi connectivity index (χ1v) is 30.4. The number of nitrogens with one attached hydrogen (secondary N) is 4. The summed E-state index contributed by atoms with van der Waals surface area (Å²) in [5.41, 5.74) is 0.116. The monoisotopic (exact) mass is 1230 g/mol. The van der Waals surface area contributed by atoms with Crippen LogP contribution in [0.15, 0.2) is 59.4 Å². The molecule has 0 unspecified atom stereocenters. The van der Waals surface area contributed by atoms with Crippen LogP contribution in [0.1, 0.15) is 170 Å². The van der Waals surface area contributed by atoms with Gasteiger partial charge in [0.1, 0.15) is 23.8 Å². The highest BCUT2D eigenvalue weighted by atomic mass is 19.1. The number of aryl methyl sites for hydroxylation is 1. The fraction of sp³-hybridized carbons (Fsp3) is 0.500. The molecule has 89 heavy (non-hydrogen) atoms. The first-order chi connectivity index (χ1) is 42.1. The van der Waals surface area contributed by atoms with Crippen LogP contribution in [-0.4, -0.2) is 116 Å². The normalized spacial score (nSPS) is 17.2. The Bertz CT molecular complexity index is 3610. The zero-order valence-electron chi connectivity index (χ0n) is 51.5. The van der Waals surface area contributed by atoms with Crippen molar-refractivity contribution in [2.75, 3.05) is 19.6 Å². The number of rotatable bonds is 29. The van der Waals surface area contributed by atoms with Gasteiger partial charge in [0.2, 0.25) is 23.6 Å². The zero-order chi connectivity index (χ0) is 64.7. The van der Waals surface area contributed by atoms with Crippen LogP contribution in [0.5, 0.6) is 0 Å². The van der Waals surface area contributed by atoms with E-state index in [2.05, 4.69) is 21.3 Å². The Morgan fingerprint density at radius 3 is 2.25 bits per heavy atom. The molecule has 2 aromatic carbocycles. The van der Waals surface area contributed by atoms with Gasteiger partial charge in [-0.1, -0.05) is 57.5 Å². The number of ketones is 3. The van der Waals surface area contributed by atoms with Crippen LogP contribution >= 0.6 is 0 Å². The molecule has 0 fully saturated rings. The van der Waals surface area contributed by atoms with Crippen LogP contribution in [-0.2, 0) is 93.8 Å². The van der Waals surface area contributed by atoms with Crippen LogP contribution in [0.3, 0.4) is 0 Å². The molecule has 5 N–H and O–H groups in total. The number of aliphatic hydroxyl groups is 1. The lowest BCUT2D eigenvalue weighted by Gasteiger charge is -2.33. The number of nitrogens with zero attached hydrogens (tertiary/aromatic N) is 3. The lowest BCUT2D eigenvalue weighted by atomic mass is 9.80. The molecule has 8 rings (SSSR count). The Morgan fingerprint density at radius 2 is 1.55 bits per heavy atom. The van der Waals surface area contributed by atoms with Crippen molar-refractivity contribution in [1.82, 2.24) is 35.7 Å². The average molecular weight is 1230 g/mol. The molecule has 4 aromatic rings. The van der Waals surface area contributed by atoms with Crippen LogP contribution in [0.2, 0.25) is 0 Å². The maximum atomic E-state index is 15.5. The van der Waals surface area contributed by atoms with Crippen molar-refractivity contribution in [2.24, 2.45) is 11.3 Å². The Balaban J connectivity index is 0.827. The lowest BCUT2D eigenvalue weighted by Crippen LogP contribution is -2.44. The van der Waals surface area contributed by atoms with E-state index in [0.29, 0.717) is 71.1 Å². The van der Waals surface area contributed by atoms with Crippen molar-refractivity contribution >= 4 is 75.6 Å². The molecular weight excluding hydrogens is 1150 g/mol. The van der Waals surface area contributed by atoms with Crippen LogP contribution in [0.25, 0.3) is 22.3 Å². The van der Waals surface area contributed by atoms with Crippen LogP contribution in [0, 0.1) is 24.1 Å². The van der Waals surface area contributed by atoms with Gasteiger partial charge < -0.3 is 40.4 Å². The van der Waals surface area contributed by atoms with Crippen molar-refractivity contribution in [3.05, 3.63) is 110 Å². The van der Waals surface area contributed by atoms with E-state index in [4.69, 9.17) is 14.5 Å². The Morgan fingerprint density at radius 1 is 0.843 bits per heavy atom. The van der Waals surface area contributed by atoms with E-state index in [-0.39, 0.29) is 107 Å². The number of pyridine rings is 2. The highest BCUT2D eigenvalue weighted by Crippen LogP contribution is 2.46. The Labute approximate surface area is 514 Å². The summed E-state index contributed by atoms with van der Waals surface area (Å²) >= 11 is 0. The molecule has 5 heterocycles. The zero-order valence-corrected chi connectivity index (χ0v) is 51.5. The first kappa shape index (κ1) is 66.4. The third-order valence-electron chi connectivity index (χ3n) is 17.0. The number of imide groups is 1. The number of halogens is 1. The van der Waals surface area contributed by atoms with Crippen LogP contribution < -0.4 is 26.8 Å². The first-order valence-electron chi connectivity index (χ1n) is 30.4. The minimum Gasteiger partial charge on any atom is -0.460 e. The molecule has 1 aliphatic carbocycles. The largest absolute Gasteiger partial charge is 0.460 e. The molecule has 2 aromatic heterocycles. The quantitative estimate of drug-likeness (QED) is 0.0224. The molecule has 0 saturated carbocycles. The molecule has 0 radical (unpaired) electrons. The fourth-order valence-corrected chi connectivity index (χ4v) is 11.9. The van der Waals surface area contributed by atoms with Gasteiger partial charge in [-0.15, -0.1) is 0 Å². The van der Waals surface area contributed by atoms with Gasteiger partial charge in [-0.2, -0.15) is 0 Å². The molecule has 4 atom stereocenters. The molecule has 6 amide bonds. The predicted molar refractivity (Wildman–Crippen MR) is 321 cm³/mol. The molecule has 22 nitrogen and oxygen atoms in total. The summed E-state index contributed by atoms with van der Waals surface area (Å²) in [6.45, 7) is 11.2. The Hall–Kier alpha value is -8.60. The number of unbranched alkanes of at least 4 members (excludes halogenated alkanes) is 2.